The maximum atomic E-state index is 9.36. The Morgan fingerprint density at radius 2 is 2.31 bits per heavy atom. The number of hydrogen-bond acceptors (Lipinski definition) is 2. The standard InChI is InChI=1S/C9H10BIO2/c1-13-9(12)6-2-3-7(5-10)8(11)4-6/h2-4,9,12H,5H2,1H3. The Hall–Kier alpha value is -0.0651. The summed E-state index contributed by atoms with van der Waals surface area (Å²) in [6, 6.07) is 5.59. The molecular weight excluding hydrogens is 278 g/mol. The molecule has 68 valence electrons. The van der Waals surface area contributed by atoms with E-state index >= 15 is 0 Å². The fourth-order valence-electron chi connectivity index (χ4n) is 1.02. The topological polar surface area (TPSA) is 29.5 Å². The van der Waals surface area contributed by atoms with Crippen LogP contribution in [0.4, 0.5) is 0 Å². The number of rotatable bonds is 3. The minimum absolute atomic E-state index is 0.516. The monoisotopic (exact) mass is 288 g/mol. The Morgan fingerprint density at radius 3 is 2.77 bits per heavy atom. The smallest absolute Gasteiger partial charge is 0.180 e. The summed E-state index contributed by atoms with van der Waals surface area (Å²) in [6.45, 7) is 0. The van der Waals surface area contributed by atoms with Crippen molar-refractivity contribution >= 4 is 30.4 Å². The number of hydrogen-bond donors (Lipinski definition) is 1. The summed E-state index contributed by atoms with van der Waals surface area (Å²) < 4.78 is 5.84. The second kappa shape index (κ2) is 4.98. The maximum Gasteiger partial charge on any atom is 0.180 e. The van der Waals surface area contributed by atoms with Crippen molar-refractivity contribution in [1.29, 1.82) is 0 Å². The molecule has 13 heavy (non-hydrogen) atoms. The van der Waals surface area contributed by atoms with E-state index in [4.69, 9.17) is 12.6 Å². The molecule has 1 unspecified atom stereocenters. The molecule has 1 N–H and O–H groups in total. The van der Waals surface area contributed by atoms with Gasteiger partial charge in [-0.15, -0.1) is 0 Å². The molecule has 1 atom stereocenters. The van der Waals surface area contributed by atoms with Gasteiger partial charge in [0.1, 0.15) is 0 Å². The highest BCUT2D eigenvalue weighted by Crippen LogP contribution is 2.19. The van der Waals surface area contributed by atoms with E-state index in [-0.39, 0.29) is 0 Å². The largest absolute Gasteiger partial charge is 0.364 e. The first kappa shape index (κ1) is 11.0. The Balaban J connectivity index is 2.95. The van der Waals surface area contributed by atoms with E-state index in [9.17, 15) is 5.11 Å². The molecule has 4 heteroatoms. The molecule has 0 amide bonds. The highest BCUT2D eigenvalue weighted by molar-refractivity contribution is 14.1. The predicted octanol–water partition coefficient (Wildman–Crippen LogP) is 1.60. The second-order valence-electron chi connectivity index (χ2n) is 2.64. The van der Waals surface area contributed by atoms with E-state index in [0.717, 1.165) is 14.7 Å². The zero-order valence-electron chi connectivity index (χ0n) is 7.33. The molecule has 0 saturated carbocycles. The lowest BCUT2D eigenvalue weighted by Gasteiger charge is -2.10. The fourth-order valence-corrected chi connectivity index (χ4v) is 1.78. The summed E-state index contributed by atoms with van der Waals surface area (Å²) in [5, 5.41) is 9.36. The van der Waals surface area contributed by atoms with E-state index in [1.165, 1.54) is 7.11 Å². The number of aliphatic hydroxyl groups is 1. The highest BCUT2D eigenvalue weighted by Gasteiger charge is 2.06. The molecule has 1 rings (SSSR count). The van der Waals surface area contributed by atoms with Crippen molar-refractivity contribution in [2.24, 2.45) is 0 Å². The Bertz CT molecular complexity index is 291. The minimum atomic E-state index is -0.847. The maximum absolute atomic E-state index is 9.36. The van der Waals surface area contributed by atoms with E-state index in [0.29, 0.717) is 6.32 Å². The molecule has 0 aliphatic carbocycles. The normalized spacial score (nSPS) is 12.8. The van der Waals surface area contributed by atoms with Gasteiger partial charge in [-0.1, -0.05) is 18.5 Å². The number of benzene rings is 1. The van der Waals surface area contributed by atoms with Crippen LogP contribution in [0.2, 0.25) is 0 Å². The highest BCUT2D eigenvalue weighted by atomic mass is 127. The van der Waals surface area contributed by atoms with Gasteiger partial charge in [0.25, 0.3) is 0 Å². The molecule has 2 nitrogen and oxygen atoms in total. The van der Waals surface area contributed by atoms with Crippen LogP contribution < -0.4 is 0 Å². The van der Waals surface area contributed by atoms with Gasteiger partial charge in [-0.05, 0) is 34.2 Å². The van der Waals surface area contributed by atoms with Crippen LogP contribution in [0.3, 0.4) is 0 Å². The number of halogens is 1. The van der Waals surface area contributed by atoms with Gasteiger partial charge in [0.2, 0.25) is 0 Å². The summed E-state index contributed by atoms with van der Waals surface area (Å²) in [7, 11) is 6.98. The van der Waals surface area contributed by atoms with Gasteiger partial charge in [0.05, 0.1) is 7.85 Å². The van der Waals surface area contributed by atoms with Crippen molar-refractivity contribution in [1.82, 2.24) is 0 Å². The SMILES string of the molecule is [B]Cc1ccc(C(O)OC)cc1I. The van der Waals surface area contributed by atoms with Crippen LogP contribution in [-0.2, 0) is 11.1 Å². The Kier molecular flexibility index (Phi) is 4.22. The van der Waals surface area contributed by atoms with Gasteiger partial charge in [0.15, 0.2) is 6.29 Å². The Morgan fingerprint density at radius 1 is 1.62 bits per heavy atom. The van der Waals surface area contributed by atoms with Crippen LogP contribution in [-0.4, -0.2) is 20.1 Å². The zero-order valence-corrected chi connectivity index (χ0v) is 9.48. The number of aliphatic hydroxyl groups excluding tert-OH is 1. The summed E-state index contributed by atoms with van der Waals surface area (Å²) >= 11 is 2.19. The van der Waals surface area contributed by atoms with E-state index in [1.54, 1.807) is 0 Å². The molecule has 0 heterocycles. The van der Waals surface area contributed by atoms with Crippen LogP contribution in [0.15, 0.2) is 18.2 Å². The first-order valence-corrected chi connectivity index (χ1v) is 4.96. The molecule has 0 aromatic heterocycles. The lowest BCUT2D eigenvalue weighted by atomic mass is 9.96. The third-order valence-electron chi connectivity index (χ3n) is 1.81. The molecule has 0 bridgehead atoms. The van der Waals surface area contributed by atoms with Crippen molar-refractivity contribution in [3.8, 4) is 0 Å². The molecule has 0 saturated heterocycles. The van der Waals surface area contributed by atoms with Crippen molar-refractivity contribution in [2.75, 3.05) is 7.11 Å². The summed E-state index contributed by atoms with van der Waals surface area (Å²) in [5.74, 6) is 0. The first-order valence-electron chi connectivity index (χ1n) is 3.88. The quantitative estimate of drug-likeness (QED) is 0.520. The van der Waals surface area contributed by atoms with Crippen LogP contribution >= 0.6 is 22.6 Å². The number of ether oxygens (including phenoxy) is 1. The molecule has 1 aromatic rings. The van der Waals surface area contributed by atoms with Gasteiger partial charge in [0, 0.05) is 16.2 Å². The van der Waals surface area contributed by atoms with Crippen LogP contribution in [0.5, 0.6) is 0 Å². The van der Waals surface area contributed by atoms with Gasteiger partial charge < -0.3 is 9.84 Å². The third-order valence-corrected chi connectivity index (χ3v) is 2.81. The molecule has 0 spiro atoms. The summed E-state index contributed by atoms with van der Waals surface area (Å²) in [6.07, 6.45) is -0.331. The van der Waals surface area contributed by atoms with Crippen LogP contribution in [0, 0.1) is 3.57 Å². The number of methoxy groups -OCH3 is 1. The lowest BCUT2D eigenvalue weighted by molar-refractivity contribution is -0.0769. The summed E-state index contributed by atoms with van der Waals surface area (Å²) in [4.78, 5) is 0. The third kappa shape index (κ3) is 2.69. The molecule has 0 fully saturated rings. The van der Waals surface area contributed by atoms with E-state index in [2.05, 4.69) is 22.6 Å². The van der Waals surface area contributed by atoms with Crippen LogP contribution in [0.25, 0.3) is 0 Å². The fraction of sp³-hybridized carbons (Fsp3) is 0.333. The minimum Gasteiger partial charge on any atom is -0.364 e. The molecular formula is C9H10BIO2. The average molecular weight is 288 g/mol. The molecule has 0 aliphatic rings. The average Bonchev–Trinajstić information content (AvgIpc) is 2.16. The van der Waals surface area contributed by atoms with Crippen molar-refractivity contribution in [3.05, 3.63) is 32.9 Å². The summed E-state index contributed by atoms with van der Waals surface area (Å²) in [5.41, 5.74) is 1.83. The van der Waals surface area contributed by atoms with Crippen molar-refractivity contribution < 1.29 is 9.84 Å². The van der Waals surface area contributed by atoms with Gasteiger partial charge in [-0.25, -0.2) is 0 Å². The predicted molar refractivity (Wildman–Crippen MR) is 60.6 cm³/mol. The Labute approximate surface area is 92.8 Å². The molecule has 1 aromatic carbocycles. The van der Waals surface area contributed by atoms with E-state index in [1.807, 2.05) is 18.2 Å². The van der Waals surface area contributed by atoms with Crippen molar-refractivity contribution in [2.45, 2.75) is 12.6 Å². The first-order chi connectivity index (χ1) is 6.19. The van der Waals surface area contributed by atoms with Crippen molar-refractivity contribution in [3.63, 3.8) is 0 Å². The van der Waals surface area contributed by atoms with Gasteiger partial charge in [-0.3, -0.25) is 0 Å². The lowest BCUT2D eigenvalue weighted by Crippen LogP contribution is -2.01. The van der Waals surface area contributed by atoms with Crippen LogP contribution in [0.1, 0.15) is 17.4 Å². The second-order valence-corrected chi connectivity index (χ2v) is 3.81. The molecule has 0 aliphatic heterocycles. The van der Waals surface area contributed by atoms with E-state index < -0.39 is 6.29 Å². The zero-order chi connectivity index (χ0) is 9.84. The molecule has 2 radical (unpaired) electrons. The van der Waals surface area contributed by atoms with Gasteiger partial charge >= 0.3 is 0 Å². The van der Waals surface area contributed by atoms with Gasteiger partial charge in [-0.2, -0.15) is 0 Å².